The van der Waals surface area contributed by atoms with Crippen molar-refractivity contribution in [2.24, 2.45) is 0 Å². The third-order valence-electron chi connectivity index (χ3n) is 3.64. The maximum Gasteiger partial charge on any atom is 0.266 e. The first-order valence-corrected chi connectivity index (χ1v) is 8.28. The third-order valence-corrected chi connectivity index (χ3v) is 3.89. The Balaban J connectivity index is 1.64. The van der Waals surface area contributed by atoms with Gasteiger partial charge in [0, 0.05) is 11.1 Å². The number of benzene rings is 2. The summed E-state index contributed by atoms with van der Waals surface area (Å²) in [7, 11) is 0. The Labute approximate surface area is 151 Å². The molecule has 0 saturated carbocycles. The molecule has 128 valence electrons. The Kier molecular flexibility index (Phi) is 5.36. The number of nitrogens with one attached hydrogen (secondary N) is 1. The lowest BCUT2D eigenvalue weighted by Gasteiger charge is -2.15. The Morgan fingerprint density at radius 3 is 2.60 bits per heavy atom. The van der Waals surface area contributed by atoms with Crippen LogP contribution < -0.4 is 10.1 Å². The summed E-state index contributed by atoms with van der Waals surface area (Å²) in [6.07, 6.45) is 1.02. The van der Waals surface area contributed by atoms with E-state index in [4.69, 9.17) is 16.3 Å². The standard InChI is InChI=1S/C19H18ClN3O2/c1-14(25-17-5-3-2-4-6-17)19(24)22-18-11-12-21-23(18)13-15-7-9-16(20)10-8-15/h2-12,14H,13H2,1H3,(H,22,24). The highest BCUT2D eigenvalue weighted by Crippen LogP contribution is 2.15. The van der Waals surface area contributed by atoms with Crippen LogP contribution in [0, 0.1) is 0 Å². The van der Waals surface area contributed by atoms with Crippen LogP contribution in [0.2, 0.25) is 5.02 Å². The van der Waals surface area contributed by atoms with E-state index in [9.17, 15) is 4.79 Å². The fourth-order valence-electron chi connectivity index (χ4n) is 2.31. The predicted octanol–water partition coefficient (Wildman–Crippen LogP) is 3.99. The molecule has 0 spiro atoms. The van der Waals surface area contributed by atoms with Gasteiger partial charge in [-0.2, -0.15) is 5.10 Å². The number of carbonyl (C=O) groups excluding carboxylic acids is 1. The maximum absolute atomic E-state index is 12.4. The van der Waals surface area contributed by atoms with Crippen molar-refractivity contribution in [2.75, 3.05) is 5.32 Å². The van der Waals surface area contributed by atoms with Gasteiger partial charge in [0.25, 0.3) is 5.91 Å². The molecule has 1 amide bonds. The van der Waals surface area contributed by atoms with Crippen LogP contribution in [-0.4, -0.2) is 21.8 Å². The molecule has 3 aromatic rings. The minimum absolute atomic E-state index is 0.235. The molecule has 0 aliphatic rings. The summed E-state index contributed by atoms with van der Waals surface area (Å²) in [6, 6.07) is 18.5. The van der Waals surface area contributed by atoms with Crippen molar-refractivity contribution >= 4 is 23.3 Å². The zero-order valence-electron chi connectivity index (χ0n) is 13.7. The highest BCUT2D eigenvalue weighted by atomic mass is 35.5. The van der Waals surface area contributed by atoms with Gasteiger partial charge in [-0.3, -0.25) is 4.79 Å². The van der Waals surface area contributed by atoms with Crippen molar-refractivity contribution in [1.82, 2.24) is 9.78 Å². The summed E-state index contributed by atoms with van der Waals surface area (Å²) in [5.74, 6) is 1.03. The molecule has 0 fully saturated rings. The molecular formula is C19H18ClN3O2. The molecule has 1 unspecified atom stereocenters. The molecule has 0 aliphatic heterocycles. The molecule has 5 nitrogen and oxygen atoms in total. The van der Waals surface area contributed by atoms with E-state index in [2.05, 4.69) is 10.4 Å². The molecule has 1 heterocycles. The summed E-state index contributed by atoms with van der Waals surface area (Å²) in [5.41, 5.74) is 1.04. The molecule has 0 bridgehead atoms. The van der Waals surface area contributed by atoms with Gasteiger partial charge in [0.15, 0.2) is 6.10 Å². The fourth-order valence-corrected chi connectivity index (χ4v) is 2.44. The van der Waals surface area contributed by atoms with Crippen molar-refractivity contribution in [2.45, 2.75) is 19.6 Å². The Hall–Kier alpha value is -2.79. The van der Waals surface area contributed by atoms with Crippen LogP contribution in [-0.2, 0) is 11.3 Å². The van der Waals surface area contributed by atoms with Gasteiger partial charge in [-0.05, 0) is 36.8 Å². The van der Waals surface area contributed by atoms with E-state index >= 15 is 0 Å². The molecule has 6 heteroatoms. The normalized spacial score (nSPS) is 11.8. The highest BCUT2D eigenvalue weighted by Gasteiger charge is 2.16. The summed E-state index contributed by atoms with van der Waals surface area (Å²) < 4.78 is 7.36. The second-order valence-electron chi connectivity index (χ2n) is 5.56. The van der Waals surface area contributed by atoms with Gasteiger partial charge < -0.3 is 10.1 Å². The lowest BCUT2D eigenvalue weighted by atomic mass is 10.2. The molecule has 1 atom stereocenters. The number of amides is 1. The van der Waals surface area contributed by atoms with E-state index in [-0.39, 0.29) is 5.91 Å². The first-order chi connectivity index (χ1) is 12.1. The number of hydrogen-bond acceptors (Lipinski definition) is 3. The Morgan fingerprint density at radius 1 is 1.16 bits per heavy atom. The predicted molar refractivity (Wildman–Crippen MR) is 97.9 cm³/mol. The van der Waals surface area contributed by atoms with Crippen LogP contribution in [0.25, 0.3) is 0 Å². The number of para-hydroxylation sites is 1. The van der Waals surface area contributed by atoms with E-state index in [0.717, 1.165) is 5.56 Å². The quantitative estimate of drug-likeness (QED) is 0.727. The molecular weight excluding hydrogens is 338 g/mol. The van der Waals surface area contributed by atoms with Crippen LogP contribution in [0.1, 0.15) is 12.5 Å². The molecule has 0 saturated heterocycles. The van der Waals surface area contributed by atoms with E-state index in [1.807, 2.05) is 54.6 Å². The molecule has 0 aliphatic carbocycles. The van der Waals surface area contributed by atoms with Gasteiger partial charge in [0.05, 0.1) is 12.7 Å². The van der Waals surface area contributed by atoms with E-state index < -0.39 is 6.10 Å². The largest absolute Gasteiger partial charge is 0.481 e. The number of rotatable bonds is 6. The number of aromatic nitrogens is 2. The SMILES string of the molecule is CC(Oc1ccccc1)C(=O)Nc1ccnn1Cc1ccc(Cl)cc1. The highest BCUT2D eigenvalue weighted by molar-refractivity contribution is 6.30. The summed E-state index contributed by atoms with van der Waals surface area (Å²) in [5, 5.41) is 7.80. The maximum atomic E-state index is 12.4. The third kappa shape index (κ3) is 4.61. The van der Waals surface area contributed by atoms with Crippen LogP contribution in [0.15, 0.2) is 66.9 Å². The van der Waals surface area contributed by atoms with Crippen molar-refractivity contribution < 1.29 is 9.53 Å². The molecule has 1 aromatic heterocycles. The van der Waals surface area contributed by atoms with Gasteiger partial charge in [0.2, 0.25) is 0 Å². The Morgan fingerprint density at radius 2 is 1.88 bits per heavy atom. The van der Waals surface area contributed by atoms with Gasteiger partial charge in [-0.25, -0.2) is 4.68 Å². The summed E-state index contributed by atoms with van der Waals surface area (Å²) in [4.78, 5) is 12.4. The first-order valence-electron chi connectivity index (χ1n) is 7.90. The van der Waals surface area contributed by atoms with E-state index in [1.54, 1.807) is 23.9 Å². The molecule has 2 aromatic carbocycles. The van der Waals surface area contributed by atoms with Gasteiger partial charge in [-0.1, -0.05) is 41.9 Å². The topological polar surface area (TPSA) is 56.1 Å². The molecule has 25 heavy (non-hydrogen) atoms. The fraction of sp³-hybridized carbons (Fsp3) is 0.158. The van der Waals surface area contributed by atoms with Crippen LogP contribution in [0.3, 0.4) is 0 Å². The second-order valence-corrected chi connectivity index (χ2v) is 6.00. The smallest absolute Gasteiger partial charge is 0.266 e. The average Bonchev–Trinajstić information content (AvgIpc) is 3.04. The number of halogens is 1. The van der Waals surface area contributed by atoms with Crippen molar-refractivity contribution in [3.05, 3.63) is 77.4 Å². The number of carbonyl (C=O) groups is 1. The number of nitrogens with zero attached hydrogens (tertiary/aromatic N) is 2. The zero-order chi connectivity index (χ0) is 17.6. The Bertz CT molecular complexity index is 831. The van der Waals surface area contributed by atoms with Crippen molar-refractivity contribution in [3.8, 4) is 5.75 Å². The summed E-state index contributed by atoms with van der Waals surface area (Å²) in [6.45, 7) is 2.25. The molecule has 0 radical (unpaired) electrons. The van der Waals surface area contributed by atoms with E-state index in [1.165, 1.54) is 0 Å². The molecule has 3 rings (SSSR count). The minimum atomic E-state index is -0.624. The lowest BCUT2D eigenvalue weighted by Crippen LogP contribution is -2.31. The van der Waals surface area contributed by atoms with Crippen LogP contribution in [0.4, 0.5) is 5.82 Å². The van der Waals surface area contributed by atoms with Crippen LogP contribution >= 0.6 is 11.6 Å². The van der Waals surface area contributed by atoms with Crippen molar-refractivity contribution in [3.63, 3.8) is 0 Å². The summed E-state index contributed by atoms with van der Waals surface area (Å²) >= 11 is 5.90. The van der Waals surface area contributed by atoms with Crippen LogP contribution in [0.5, 0.6) is 5.75 Å². The first kappa shape index (κ1) is 17.0. The zero-order valence-corrected chi connectivity index (χ0v) is 14.5. The van der Waals surface area contributed by atoms with E-state index in [0.29, 0.717) is 23.1 Å². The number of hydrogen-bond donors (Lipinski definition) is 1. The number of anilines is 1. The average molecular weight is 356 g/mol. The minimum Gasteiger partial charge on any atom is -0.481 e. The van der Waals surface area contributed by atoms with Gasteiger partial charge in [-0.15, -0.1) is 0 Å². The van der Waals surface area contributed by atoms with Gasteiger partial charge >= 0.3 is 0 Å². The monoisotopic (exact) mass is 355 g/mol. The number of ether oxygens (including phenoxy) is 1. The lowest BCUT2D eigenvalue weighted by molar-refractivity contribution is -0.122. The molecule has 1 N–H and O–H groups in total. The van der Waals surface area contributed by atoms with Gasteiger partial charge in [0.1, 0.15) is 11.6 Å². The van der Waals surface area contributed by atoms with Crippen molar-refractivity contribution in [1.29, 1.82) is 0 Å². The second kappa shape index (κ2) is 7.85.